The first-order valence-corrected chi connectivity index (χ1v) is 11.7. The molecule has 4 aromatic heterocycles. The molecule has 0 amide bonds. The van der Waals surface area contributed by atoms with Crippen LogP contribution in [0.3, 0.4) is 0 Å². The Labute approximate surface area is 200 Å². The van der Waals surface area contributed by atoms with Gasteiger partial charge in [0.2, 0.25) is 0 Å². The van der Waals surface area contributed by atoms with Crippen LogP contribution in [0.4, 0.5) is 4.39 Å². The molecule has 4 heterocycles. The van der Waals surface area contributed by atoms with Crippen molar-refractivity contribution in [1.82, 2.24) is 33.9 Å². The molecule has 1 aliphatic rings. The van der Waals surface area contributed by atoms with Gasteiger partial charge in [-0.2, -0.15) is 0 Å². The Kier molecular flexibility index (Phi) is 4.87. The van der Waals surface area contributed by atoms with Crippen LogP contribution < -0.4 is 5.56 Å². The van der Waals surface area contributed by atoms with E-state index in [2.05, 4.69) is 20.2 Å². The van der Waals surface area contributed by atoms with Crippen molar-refractivity contribution in [2.75, 3.05) is 0 Å². The van der Waals surface area contributed by atoms with E-state index >= 15 is 4.39 Å². The van der Waals surface area contributed by atoms with Crippen LogP contribution in [-0.4, -0.2) is 33.9 Å². The van der Waals surface area contributed by atoms with Crippen LogP contribution in [0, 0.1) is 12.7 Å². The minimum absolute atomic E-state index is 0.136. The zero-order chi connectivity index (χ0) is 24.3. The van der Waals surface area contributed by atoms with Gasteiger partial charge in [-0.1, -0.05) is 6.07 Å². The summed E-state index contributed by atoms with van der Waals surface area (Å²) in [5.41, 5.74) is 2.92. The van der Waals surface area contributed by atoms with Crippen molar-refractivity contribution in [3.63, 3.8) is 0 Å². The second kappa shape index (κ2) is 7.97. The van der Waals surface area contributed by atoms with E-state index in [0.717, 1.165) is 29.8 Å². The van der Waals surface area contributed by atoms with Gasteiger partial charge < -0.3 is 9.13 Å². The largest absolute Gasteiger partial charge is 0.310 e. The minimum atomic E-state index is -0.490. The lowest BCUT2D eigenvalue weighted by atomic mass is 10.1. The van der Waals surface area contributed by atoms with E-state index in [1.54, 1.807) is 43.0 Å². The molecular formula is C26H24FN7O. The molecule has 0 bridgehead atoms. The summed E-state index contributed by atoms with van der Waals surface area (Å²) in [5, 5.41) is 8.75. The number of halogens is 1. The summed E-state index contributed by atoms with van der Waals surface area (Å²) in [5.74, 6) is 0.927. The monoisotopic (exact) mass is 469 g/mol. The van der Waals surface area contributed by atoms with E-state index < -0.39 is 5.82 Å². The van der Waals surface area contributed by atoms with Crippen molar-refractivity contribution in [2.24, 2.45) is 0 Å². The first-order valence-electron chi connectivity index (χ1n) is 11.7. The van der Waals surface area contributed by atoms with Crippen molar-refractivity contribution >= 4 is 10.8 Å². The van der Waals surface area contributed by atoms with Gasteiger partial charge in [-0.15, -0.1) is 10.2 Å². The molecule has 0 radical (unpaired) electrons. The number of aryl methyl sites for hydroxylation is 1. The third-order valence-corrected chi connectivity index (χ3v) is 6.50. The van der Waals surface area contributed by atoms with Gasteiger partial charge in [-0.3, -0.25) is 9.36 Å². The number of imidazole rings is 1. The average molecular weight is 470 g/mol. The summed E-state index contributed by atoms with van der Waals surface area (Å²) in [6.07, 6.45) is 8.91. The van der Waals surface area contributed by atoms with E-state index in [1.807, 2.05) is 36.1 Å². The van der Waals surface area contributed by atoms with E-state index in [1.165, 1.54) is 10.8 Å². The Morgan fingerprint density at radius 2 is 1.91 bits per heavy atom. The number of benzene rings is 1. The summed E-state index contributed by atoms with van der Waals surface area (Å²) < 4.78 is 20.3. The predicted octanol–water partition coefficient (Wildman–Crippen LogP) is 4.74. The molecule has 5 aromatic rings. The van der Waals surface area contributed by atoms with Crippen molar-refractivity contribution in [3.05, 3.63) is 82.8 Å². The normalized spacial score (nSPS) is 13.7. The number of aromatic nitrogens is 7. The maximum absolute atomic E-state index is 15.3. The summed E-state index contributed by atoms with van der Waals surface area (Å²) in [6.45, 7) is 5.95. The van der Waals surface area contributed by atoms with Gasteiger partial charge in [0.05, 0.1) is 29.3 Å². The molecule has 0 aliphatic heterocycles. The fraction of sp³-hybridized carbons (Fsp3) is 0.269. The van der Waals surface area contributed by atoms with Crippen molar-refractivity contribution in [2.45, 2.75) is 45.6 Å². The van der Waals surface area contributed by atoms with Crippen LogP contribution in [0.15, 0.2) is 60.2 Å². The van der Waals surface area contributed by atoms with Crippen LogP contribution in [-0.2, 0) is 0 Å². The highest BCUT2D eigenvalue weighted by molar-refractivity contribution is 5.85. The average Bonchev–Trinajstić information content (AvgIpc) is 3.37. The van der Waals surface area contributed by atoms with E-state index in [9.17, 15) is 4.79 Å². The number of hydrogen-bond donors (Lipinski definition) is 0. The van der Waals surface area contributed by atoms with Gasteiger partial charge in [0.15, 0.2) is 5.82 Å². The quantitative estimate of drug-likeness (QED) is 0.371. The molecule has 176 valence electrons. The summed E-state index contributed by atoms with van der Waals surface area (Å²) in [4.78, 5) is 22.7. The molecule has 1 fully saturated rings. The van der Waals surface area contributed by atoms with Crippen molar-refractivity contribution in [1.29, 1.82) is 0 Å². The summed E-state index contributed by atoms with van der Waals surface area (Å²) >= 11 is 0. The third-order valence-electron chi connectivity index (χ3n) is 6.50. The smallest absolute Gasteiger partial charge is 0.264 e. The van der Waals surface area contributed by atoms with Crippen molar-refractivity contribution < 1.29 is 4.39 Å². The molecule has 0 spiro atoms. The molecular weight excluding hydrogens is 445 g/mol. The highest BCUT2D eigenvalue weighted by Crippen LogP contribution is 2.39. The number of fused-ring (bicyclic) bond motifs is 1. The number of pyridine rings is 2. The lowest BCUT2D eigenvalue weighted by Gasteiger charge is -2.13. The van der Waals surface area contributed by atoms with E-state index in [0.29, 0.717) is 23.3 Å². The van der Waals surface area contributed by atoms with E-state index in [4.69, 9.17) is 0 Å². The lowest BCUT2D eigenvalue weighted by Crippen LogP contribution is -2.20. The van der Waals surface area contributed by atoms with Gasteiger partial charge in [0.1, 0.15) is 23.7 Å². The first-order chi connectivity index (χ1) is 16.9. The zero-order valence-corrected chi connectivity index (χ0v) is 19.7. The Balaban J connectivity index is 1.49. The fourth-order valence-electron chi connectivity index (χ4n) is 4.44. The molecule has 35 heavy (non-hydrogen) atoms. The molecule has 6 rings (SSSR count). The van der Waals surface area contributed by atoms with Gasteiger partial charge >= 0.3 is 0 Å². The summed E-state index contributed by atoms with van der Waals surface area (Å²) in [6, 6.07) is 8.85. The second-order valence-electron chi connectivity index (χ2n) is 9.35. The van der Waals surface area contributed by atoms with Gasteiger partial charge in [-0.25, -0.2) is 14.4 Å². The van der Waals surface area contributed by atoms with E-state index in [-0.39, 0.29) is 22.4 Å². The van der Waals surface area contributed by atoms with Gasteiger partial charge in [0.25, 0.3) is 5.56 Å². The lowest BCUT2D eigenvalue weighted by molar-refractivity contribution is 0.603. The third kappa shape index (κ3) is 3.63. The van der Waals surface area contributed by atoms with Crippen LogP contribution >= 0.6 is 0 Å². The van der Waals surface area contributed by atoms with Crippen molar-refractivity contribution in [3.8, 4) is 23.0 Å². The number of hydrogen-bond acceptors (Lipinski definition) is 5. The standard InChI is InChI=1S/C26H24FN7O/c1-15(2)34-14-29-31-25(34)21-5-4-6-24(30-21)33-11-20(27)18-9-16(3)23(10-19(18)26(33)35)32-12-22(28-13-32)17-7-8-17/h4-6,9-15,17H,7-8H2,1-3H3. The first kappa shape index (κ1) is 21.4. The molecule has 1 aliphatic carbocycles. The minimum Gasteiger partial charge on any atom is -0.310 e. The number of nitrogens with zero attached hydrogens (tertiary/aromatic N) is 7. The predicted molar refractivity (Wildman–Crippen MR) is 131 cm³/mol. The topological polar surface area (TPSA) is 83.4 Å². The molecule has 8 nitrogen and oxygen atoms in total. The maximum atomic E-state index is 15.3. The molecule has 0 N–H and O–H groups in total. The molecule has 0 saturated heterocycles. The van der Waals surface area contributed by atoms with Gasteiger partial charge in [-0.05, 0) is 63.4 Å². The summed E-state index contributed by atoms with van der Waals surface area (Å²) in [7, 11) is 0. The molecule has 0 atom stereocenters. The Morgan fingerprint density at radius 1 is 1.09 bits per heavy atom. The second-order valence-corrected chi connectivity index (χ2v) is 9.35. The molecule has 1 aromatic carbocycles. The van der Waals surface area contributed by atoms with Crippen LogP contribution in [0.5, 0.6) is 0 Å². The van der Waals surface area contributed by atoms with Crippen LogP contribution in [0.25, 0.3) is 33.8 Å². The Bertz CT molecular complexity index is 1640. The Hall–Kier alpha value is -4.14. The zero-order valence-electron chi connectivity index (χ0n) is 19.7. The molecule has 0 unspecified atom stereocenters. The van der Waals surface area contributed by atoms with Crippen LogP contribution in [0.1, 0.15) is 49.9 Å². The fourth-order valence-corrected chi connectivity index (χ4v) is 4.44. The maximum Gasteiger partial charge on any atom is 0.264 e. The Morgan fingerprint density at radius 3 is 2.69 bits per heavy atom. The van der Waals surface area contributed by atoms with Gasteiger partial charge in [0, 0.05) is 23.5 Å². The number of rotatable bonds is 5. The molecule has 1 saturated carbocycles. The highest BCUT2D eigenvalue weighted by Gasteiger charge is 2.26. The van der Waals surface area contributed by atoms with Crippen LogP contribution in [0.2, 0.25) is 0 Å². The highest BCUT2D eigenvalue weighted by atomic mass is 19.1. The SMILES string of the molecule is Cc1cc2c(F)cn(-c3cccc(-c4nncn4C(C)C)n3)c(=O)c2cc1-n1cnc(C2CC2)c1. The molecule has 9 heteroatoms.